The number of amides is 1. The molecule has 21 heavy (non-hydrogen) atoms. The molecule has 0 spiro atoms. The number of carbonyl (C=O) groups excluding carboxylic acids is 1. The average molecular weight is 291 g/mol. The Morgan fingerprint density at radius 2 is 2.00 bits per heavy atom. The lowest BCUT2D eigenvalue weighted by Gasteiger charge is -2.33. The highest BCUT2D eigenvalue weighted by Gasteiger charge is 2.22. The first-order valence-corrected chi connectivity index (χ1v) is 7.38. The summed E-state index contributed by atoms with van der Waals surface area (Å²) in [7, 11) is 0. The summed E-state index contributed by atoms with van der Waals surface area (Å²) >= 11 is 0. The van der Waals surface area contributed by atoms with Crippen molar-refractivity contribution < 1.29 is 9.21 Å². The van der Waals surface area contributed by atoms with Gasteiger partial charge in [-0.1, -0.05) is 0 Å². The first kappa shape index (κ1) is 17.3. The van der Waals surface area contributed by atoms with Gasteiger partial charge in [-0.15, -0.1) is 0 Å². The van der Waals surface area contributed by atoms with Gasteiger partial charge in [-0.3, -0.25) is 9.69 Å². The van der Waals surface area contributed by atoms with E-state index in [2.05, 4.69) is 6.07 Å². The predicted octanol–water partition coefficient (Wildman–Crippen LogP) is 2.64. The Hall–Kier alpha value is -1.80. The van der Waals surface area contributed by atoms with Crippen LogP contribution in [0.3, 0.4) is 0 Å². The lowest BCUT2D eigenvalue weighted by atomic mass is 10.2. The first-order valence-electron chi connectivity index (χ1n) is 7.38. The van der Waals surface area contributed by atoms with Crippen molar-refractivity contribution >= 4 is 5.91 Å². The number of furan rings is 1. The molecule has 5 nitrogen and oxygen atoms in total. The summed E-state index contributed by atoms with van der Waals surface area (Å²) in [4.78, 5) is 16.3. The Morgan fingerprint density at radius 1 is 1.33 bits per heavy atom. The molecule has 1 aromatic heterocycles. The van der Waals surface area contributed by atoms with Crippen LogP contribution in [0.5, 0.6) is 0 Å². The zero-order valence-corrected chi connectivity index (χ0v) is 13.4. The van der Waals surface area contributed by atoms with Crippen LogP contribution in [-0.2, 0) is 11.3 Å². The van der Waals surface area contributed by atoms with E-state index in [0.717, 1.165) is 5.76 Å². The third kappa shape index (κ3) is 5.60. The summed E-state index contributed by atoms with van der Waals surface area (Å²) in [6.07, 6.45) is 2.02. The minimum atomic E-state index is 0.0875. The molecule has 5 heteroatoms. The van der Waals surface area contributed by atoms with E-state index in [1.807, 2.05) is 49.6 Å². The van der Waals surface area contributed by atoms with Crippen LogP contribution in [0.1, 0.15) is 39.9 Å². The van der Waals surface area contributed by atoms with Gasteiger partial charge in [0.2, 0.25) is 5.91 Å². The molecule has 0 bridgehead atoms. The van der Waals surface area contributed by atoms with Gasteiger partial charge in [-0.2, -0.15) is 5.26 Å². The van der Waals surface area contributed by atoms with Crippen LogP contribution in [0.2, 0.25) is 0 Å². The number of carbonyl (C=O) groups is 1. The topological polar surface area (TPSA) is 60.5 Å². The summed E-state index contributed by atoms with van der Waals surface area (Å²) in [5, 5.41) is 8.77. The highest BCUT2D eigenvalue weighted by Crippen LogP contribution is 2.10. The van der Waals surface area contributed by atoms with Crippen molar-refractivity contribution in [3.8, 4) is 6.07 Å². The maximum atomic E-state index is 12.5. The molecule has 0 atom stereocenters. The SMILES string of the molecule is CC(C)N(C(=O)CN(CCC#N)Cc1ccco1)C(C)C. The fraction of sp³-hybridized carbons (Fsp3) is 0.625. The van der Waals surface area contributed by atoms with Gasteiger partial charge in [-0.25, -0.2) is 0 Å². The van der Waals surface area contributed by atoms with E-state index >= 15 is 0 Å². The zero-order chi connectivity index (χ0) is 15.8. The van der Waals surface area contributed by atoms with Crippen molar-refractivity contribution in [3.63, 3.8) is 0 Å². The van der Waals surface area contributed by atoms with Crippen molar-refractivity contribution in [2.75, 3.05) is 13.1 Å². The van der Waals surface area contributed by atoms with Crippen LogP contribution in [0.25, 0.3) is 0 Å². The second kappa shape index (κ2) is 8.48. The third-order valence-corrected chi connectivity index (χ3v) is 3.26. The van der Waals surface area contributed by atoms with Gasteiger partial charge in [0.1, 0.15) is 5.76 Å². The molecule has 1 heterocycles. The lowest BCUT2D eigenvalue weighted by Crippen LogP contribution is -2.47. The summed E-state index contributed by atoms with van der Waals surface area (Å²) < 4.78 is 5.33. The molecule has 0 N–H and O–H groups in total. The number of hydrogen-bond acceptors (Lipinski definition) is 4. The molecule has 1 aromatic rings. The molecular formula is C16H25N3O2. The Morgan fingerprint density at radius 3 is 2.48 bits per heavy atom. The van der Waals surface area contributed by atoms with Crippen LogP contribution in [-0.4, -0.2) is 40.9 Å². The lowest BCUT2D eigenvalue weighted by molar-refractivity contribution is -0.136. The van der Waals surface area contributed by atoms with Crippen LogP contribution in [0.4, 0.5) is 0 Å². The second-order valence-corrected chi connectivity index (χ2v) is 5.69. The Labute approximate surface area is 127 Å². The number of rotatable bonds is 8. The van der Waals surface area contributed by atoms with E-state index < -0.39 is 0 Å². The van der Waals surface area contributed by atoms with E-state index in [-0.39, 0.29) is 18.0 Å². The van der Waals surface area contributed by atoms with E-state index in [1.165, 1.54) is 0 Å². The molecule has 0 aliphatic rings. The fourth-order valence-electron chi connectivity index (χ4n) is 2.49. The summed E-state index contributed by atoms with van der Waals surface area (Å²) in [6, 6.07) is 6.17. The fourth-order valence-corrected chi connectivity index (χ4v) is 2.49. The van der Waals surface area contributed by atoms with Crippen molar-refractivity contribution in [2.24, 2.45) is 0 Å². The van der Waals surface area contributed by atoms with Gasteiger partial charge in [0.25, 0.3) is 0 Å². The summed E-state index contributed by atoms with van der Waals surface area (Å²) in [6.45, 7) is 9.48. The normalized spacial score (nSPS) is 11.1. The molecule has 0 radical (unpaired) electrons. The van der Waals surface area contributed by atoms with Gasteiger partial charge >= 0.3 is 0 Å². The second-order valence-electron chi connectivity index (χ2n) is 5.69. The van der Waals surface area contributed by atoms with Gasteiger partial charge in [0.05, 0.1) is 25.4 Å². The molecule has 0 unspecified atom stereocenters. The maximum absolute atomic E-state index is 12.5. The predicted molar refractivity (Wildman–Crippen MR) is 81.3 cm³/mol. The van der Waals surface area contributed by atoms with E-state index in [9.17, 15) is 4.79 Å². The van der Waals surface area contributed by atoms with Crippen molar-refractivity contribution in [3.05, 3.63) is 24.2 Å². The molecule has 116 valence electrons. The monoisotopic (exact) mass is 291 g/mol. The Bertz CT molecular complexity index is 452. The summed E-state index contributed by atoms with van der Waals surface area (Å²) in [5.74, 6) is 0.894. The number of nitriles is 1. The van der Waals surface area contributed by atoms with Crippen LogP contribution in [0, 0.1) is 11.3 Å². The molecule has 0 fully saturated rings. The number of nitrogens with zero attached hydrogens (tertiary/aromatic N) is 3. The van der Waals surface area contributed by atoms with Gasteiger partial charge in [0.15, 0.2) is 0 Å². The van der Waals surface area contributed by atoms with Crippen molar-refractivity contribution in [1.82, 2.24) is 9.80 Å². The van der Waals surface area contributed by atoms with Crippen LogP contribution >= 0.6 is 0 Å². The Kier molecular flexibility index (Phi) is 6.97. The smallest absolute Gasteiger partial charge is 0.237 e. The minimum absolute atomic E-state index is 0.0875. The molecule has 0 saturated heterocycles. The highest BCUT2D eigenvalue weighted by molar-refractivity contribution is 5.78. The Balaban J connectivity index is 2.70. The molecule has 1 rings (SSSR count). The van der Waals surface area contributed by atoms with Crippen LogP contribution < -0.4 is 0 Å². The quantitative estimate of drug-likeness (QED) is 0.738. The van der Waals surface area contributed by atoms with Crippen LogP contribution in [0.15, 0.2) is 22.8 Å². The average Bonchev–Trinajstić information content (AvgIpc) is 2.87. The molecule has 0 aromatic carbocycles. The van der Waals surface area contributed by atoms with Gasteiger partial charge < -0.3 is 9.32 Å². The molecule has 1 amide bonds. The van der Waals surface area contributed by atoms with Gasteiger partial charge in [0, 0.05) is 25.0 Å². The van der Waals surface area contributed by atoms with Gasteiger partial charge in [-0.05, 0) is 39.8 Å². The highest BCUT2D eigenvalue weighted by atomic mass is 16.3. The van der Waals surface area contributed by atoms with Crippen molar-refractivity contribution in [1.29, 1.82) is 5.26 Å². The molecular weight excluding hydrogens is 266 g/mol. The zero-order valence-electron chi connectivity index (χ0n) is 13.4. The van der Waals surface area contributed by atoms with Crippen molar-refractivity contribution in [2.45, 2.75) is 52.7 Å². The number of hydrogen-bond donors (Lipinski definition) is 0. The van der Waals surface area contributed by atoms with E-state index in [1.54, 1.807) is 6.26 Å². The van der Waals surface area contributed by atoms with E-state index in [0.29, 0.717) is 26.1 Å². The maximum Gasteiger partial charge on any atom is 0.237 e. The molecule has 0 saturated carbocycles. The third-order valence-electron chi connectivity index (χ3n) is 3.26. The molecule has 0 aliphatic carbocycles. The minimum Gasteiger partial charge on any atom is -0.468 e. The first-order chi connectivity index (χ1) is 9.95. The largest absolute Gasteiger partial charge is 0.468 e. The summed E-state index contributed by atoms with van der Waals surface area (Å²) in [5.41, 5.74) is 0. The van der Waals surface area contributed by atoms with E-state index in [4.69, 9.17) is 9.68 Å². The standard InChI is InChI=1S/C16H25N3O2/c1-13(2)19(14(3)4)16(20)12-18(9-6-8-17)11-15-7-5-10-21-15/h5,7,10,13-14H,6,9,11-12H2,1-4H3. The molecule has 0 aliphatic heterocycles.